The van der Waals surface area contributed by atoms with Gasteiger partial charge >= 0.3 is 0 Å². The number of aryl methyl sites for hydroxylation is 1. The van der Waals surface area contributed by atoms with Crippen molar-refractivity contribution >= 4 is 16.3 Å². The summed E-state index contributed by atoms with van der Waals surface area (Å²) in [6.07, 6.45) is 3.99. The van der Waals surface area contributed by atoms with Gasteiger partial charge in [0.05, 0.1) is 11.4 Å². The topological polar surface area (TPSA) is 51.5 Å². The van der Waals surface area contributed by atoms with Crippen LogP contribution in [0.2, 0.25) is 0 Å². The van der Waals surface area contributed by atoms with E-state index in [0.29, 0.717) is 13.2 Å². The number of rotatable bonds is 5. The van der Waals surface area contributed by atoms with Crippen LogP contribution in [0.3, 0.4) is 0 Å². The van der Waals surface area contributed by atoms with Crippen molar-refractivity contribution in [3.05, 3.63) is 47.0 Å². The first kappa shape index (κ1) is 13.1. The third kappa shape index (κ3) is 2.66. The van der Waals surface area contributed by atoms with E-state index < -0.39 is 0 Å². The first-order chi connectivity index (χ1) is 9.76. The van der Waals surface area contributed by atoms with Gasteiger partial charge in [0.2, 0.25) is 0 Å². The van der Waals surface area contributed by atoms with Crippen molar-refractivity contribution in [2.75, 3.05) is 7.05 Å². The summed E-state index contributed by atoms with van der Waals surface area (Å²) in [7, 11) is 1.90. The van der Waals surface area contributed by atoms with Crippen LogP contribution in [0.15, 0.2) is 29.9 Å². The van der Waals surface area contributed by atoms with Gasteiger partial charge in [0.1, 0.15) is 12.4 Å². The fourth-order valence-corrected chi connectivity index (χ4v) is 2.74. The van der Waals surface area contributed by atoms with Crippen LogP contribution in [0.1, 0.15) is 17.1 Å². The van der Waals surface area contributed by atoms with E-state index in [1.807, 2.05) is 48.3 Å². The maximum absolute atomic E-state index is 5.86. The molecule has 0 amide bonds. The lowest BCUT2D eigenvalue weighted by Crippen LogP contribution is -2.10. The van der Waals surface area contributed by atoms with Gasteiger partial charge in [-0.15, -0.1) is 11.3 Å². The molecule has 1 N–H and O–H groups in total. The molecule has 0 fully saturated rings. The van der Waals surface area contributed by atoms with Crippen LogP contribution in [0.25, 0.3) is 4.96 Å². The van der Waals surface area contributed by atoms with Crippen LogP contribution in [0, 0.1) is 6.92 Å². The maximum Gasteiger partial charge on any atom is 0.193 e. The molecule has 0 atom stereocenters. The fourth-order valence-electron chi connectivity index (χ4n) is 2.02. The largest absolute Gasteiger partial charge is 0.485 e. The van der Waals surface area contributed by atoms with E-state index in [1.165, 1.54) is 0 Å². The van der Waals surface area contributed by atoms with Crippen LogP contribution in [-0.2, 0) is 13.2 Å². The molecule has 3 heterocycles. The Morgan fingerprint density at radius 1 is 1.35 bits per heavy atom. The van der Waals surface area contributed by atoms with Crippen molar-refractivity contribution in [1.82, 2.24) is 19.7 Å². The molecule has 0 aromatic carbocycles. The molecule has 0 spiro atoms. The van der Waals surface area contributed by atoms with Crippen LogP contribution in [0.5, 0.6) is 5.75 Å². The normalized spacial score (nSPS) is 11.1. The second-order valence-corrected chi connectivity index (χ2v) is 5.41. The molecule has 6 heteroatoms. The van der Waals surface area contributed by atoms with Crippen molar-refractivity contribution < 1.29 is 4.74 Å². The second-order valence-electron chi connectivity index (χ2n) is 4.54. The van der Waals surface area contributed by atoms with E-state index in [1.54, 1.807) is 11.3 Å². The van der Waals surface area contributed by atoms with Gasteiger partial charge in [-0.1, -0.05) is 0 Å². The lowest BCUT2D eigenvalue weighted by molar-refractivity contribution is 0.296. The summed E-state index contributed by atoms with van der Waals surface area (Å²) >= 11 is 1.62. The Kier molecular flexibility index (Phi) is 3.66. The summed E-state index contributed by atoms with van der Waals surface area (Å²) < 4.78 is 7.86. The predicted molar refractivity (Wildman–Crippen MR) is 79.1 cm³/mol. The molecule has 5 nitrogen and oxygen atoms in total. The molecule has 0 aliphatic rings. The molecule has 0 radical (unpaired) electrons. The number of aromatic nitrogens is 3. The van der Waals surface area contributed by atoms with Crippen molar-refractivity contribution in [3.63, 3.8) is 0 Å². The Labute approximate surface area is 121 Å². The average Bonchev–Trinajstić information content (AvgIpc) is 2.99. The summed E-state index contributed by atoms with van der Waals surface area (Å²) in [5, 5.41) is 5.12. The Morgan fingerprint density at radius 2 is 2.25 bits per heavy atom. The molecule has 3 aromatic heterocycles. The summed E-state index contributed by atoms with van der Waals surface area (Å²) in [6.45, 7) is 3.12. The van der Waals surface area contributed by atoms with Gasteiger partial charge in [0.25, 0.3) is 0 Å². The molecule has 3 aromatic rings. The van der Waals surface area contributed by atoms with Gasteiger partial charge in [0, 0.05) is 30.0 Å². The van der Waals surface area contributed by atoms with Crippen LogP contribution < -0.4 is 10.1 Å². The number of nitrogens with one attached hydrogen (secondary N) is 1. The van der Waals surface area contributed by atoms with Crippen LogP contribution >= 0.6 is 11.3 Å². The van der Waals surface area contributed by atoms with E-state index in [-0.39, 0.29) is 0 Å². The van der Waals surface area contributed by atoms with Crippen LogP contribution in [0.4, 0.5) is 0 Å². The highest BCUT2D eigenvalue weighted by Gasteiger charge is 2.08. The minimum Gasteiger partial charge on any atom is -0.485 e. The number of hydrogen-bond acceptors (Lipinski definition) is 5. The number of hydrogen-bond donors (Lipinski definition) is 1. The molecular formula is C14H16N4OS. The highest BCUT2D eigenvalue weighted by molar-refractivity contribution is 7.15. The Morgan fingerprint density at radius 3 is 3.05 bits per heavy atom. The number of thiazole rings is 1. The van der Waals surface area contributed by atoms with Crippen molar-refractivity contribution in [2.45, 2.75) is 20.1 Å². The standard InChI is InChI=1S/C14H16N4OS/c1-10-3-4-13(12(16-10)7-15-2)19-9-11-8-18-5-6-20-14(18)17-11/h3-6,8,15H,7,9H2,1-2H3. The minimum absolute atomic E-state index is 0.454. The SMILES string of the molecule is CNCc1nc(C)ccc1OCc1cn2ccsc2n1. The zero-order valence-corrected chi connectivity index (χ0v) is 12.3. The molecule has 0 saturated heterocycles. The van der Waals surface area contributed by atoms with Crippen LogP contribution in [-0.4, -0.2) is 21.4 Å². The molecule has 0 aliphatic heterocycles. The Bertz CT molecular complexity index is 690. The minimum atomic E-state index is 0.454. The highest BCUT2D eigenvalue weighted by Crippen LogP contribution is 2.19. The summed E-state index contributed by atoms with van der Waals surface area (Å²) in [4.78, 5) is 9.99. The lowest BCUT2D eigenvalue weighted by atomic mass is 10.3. The first-order valence-corrected chi connectivity index (χ1v) is 7.29. The summed E-state index contributed by atoms with van der Waals surface area (Å²) in [5.74, 6) is 0.807. The number of nitrogens with zero attached hydrogens (tertiary/aromatic N) is 3. The van der Waals surface area contributed by atoms with E-state index in [0.717, 1.165) is 27.8 Å². The molecule has 0 saturated carbocycles. The zero-order valence-electron chi connectivity index (χ0n) is 11.5. The van der Waals surface area contributed by atoms with Crippen molar-refractivity contribution in [1.29, 1.82) is 0 Å². The average molecular weight is 288 g/mol. The monoisotopic (exact) mass is 288 g/mol. The third-order valence-electron chi connectivity index (χ3n) is 2.93. The number of ether oxygens (including phenoxy) is 1. The number of imidazole rings is 1. The summed E-state index contributed by atoms with van der Waals surface area (Å²) in [5.41, 5.74) is 2.84. The van der Waals surface area contributed by atoms with Gasteiger partial charge in [-0.25, -0.2) is 4.98 Å². The van der Waals surface area contributed by atoms with E-state index in [2.05, 4.69) is 15.3 Å². The van der Waals surface area contributed by atoms with E-state index >= 15 is 0 Å². The van der Waals surface area contributed by atoms with Gasteiger partial charge in [-0.05, 0) is 26.1 Å². The highest BCUT2D eigenvalue weighted by atomic mass is 32.1. The van der Waals surface area contributed by atoms with Gasteiger partial charge in [0.15, 0.2) is 4.96 Å². The van der Waals surface area contributed by atoms with Gasteiger partial charge in [-0.3, -0.25) is 9.38 Å². The molecule has 0 unspecified atom stereocenters. The second kappa shape index (κ2) is 5.60. The van der Waals surface area contributed by atoms with Crippen molar-refractivity contribution in [3.8, 4) is 5.75 Å². The molecule has 0 bridgehead atoms. The molecule has 0 aliphatic carbocycles. The van der Waals surface area contributed by atoms with Gasteiger partial charge in [-0.2, -0.15) is 0 Å². The summed E-state index contributed by atoms with van der Waals surface area (Å²) in [6, 6.07) is 3.92. The quantitative estimate of drug-likeness (QED) is 0.783. The molecule has 3 rings (SSSR count). The predicted octanol–water partition coefficient (Wildman–Crippen LogP) is 2.40. The molecule has 20 heavy (non-hydrogen) atoms. The number of pyridine rings is 1. The third-order valence-corrected chi connectivity index (χ3v) is 3.71. The van der Waals surface area contributed by atoms with E-state index in [4.69, 9.17) is 4.74 Å². The lowest BCUT2D eigenvalue weighted by Gasteiger charge is -2.10. The van der Waals surface area contributed by atoms with Gasteiger partial charge < -0.3 is 10.1 Å². The molecule has 104 valence electrons. The van der Waals surface area contributed by atoms with E-state index in [9.17, 15) is 0 Å². The zero-order chi connectivity index (χ0) is 13.9. The van der Waals surface area contributed by atoms with Crippen molar-refractivity contribution in [2.24, 2.45) is 0 Å². The number of fused-ring (bicyclic) bond motifs is 1. The Balaban J connectivity index is 1.75. The molecular weight excluding hydrogens is 272 g/mol. The smallest absolute Gasteiger partial charge is 0.193 e. The Hall–Kier alpha value is -1.92. The maximum atomic E-state index is 5.86. The first-order valence-electron chi connectivity index (χ1n) is 6.41. The fraction of sp³-hybridized carbons (Fsp3) is 0.286.